The normalized spacial score (nSPS) is 6.17. The molecule has 38 valence electrons. The fraction of sp³-hybridized carbons (Fsp3) is 0.500. The predicted octanol–water partition coefficient (Wildman–Crippen LogP) is -0.270. The van der Waals surface area contributed by atoms with E-state index >= 15 is 0 Å². The summed E-state index contributed by atoms with van der Waals surface area (Å²) < 4.78 is 0. The molecule has 0 bridgehead atoms. The van der Waals surface area contributed by atoms with Crippen molar-refractivity contribution >= 4 is 0 Å². The van der Waals surface area contributed by atoms with E-state index in [2.05, 4.69) is 6.58 Å². The van der Waals surface area contributed by atoms with Crippen molar-refractivity contribution in [3.05, 3.63) is 12.7 Å². The second kappa shape index (κ2) is 8.82. The van der Waals surface area contributed by atoms with Gasteiger partial charge in [-0.25, -0.2) is 0 Å². The highest BCUT2D eigenvalue weighted by Gasteiger charge is 1.62. The number of hydrogen-bond donors (Lipinski definition) is 1. The zero-order chi connectivity index (χ0) is 4.12. The SMILES string of the molecule is C=CCCO.O. The quantitative estimate of drug-likeness (QED) is 0.466. The Morgan fingerprint density at radius 3 is 2.17 bits per heavy atom. The van der Waals surface area contributed by atoms with Crippen molar-refractivity contribution in [3.63, 3.8) is 0 Å². The fourth-order valence-corrected chi connectivity index (χ4v) is 0.0913. The monoisotopic (exact) mass is 90.1 g/mol. The summed E-state index contributed by atoms with van der Waals surface area (Å²) in [7, 11) is 0. The second-order valence-corrected chi connectivity index (χ2v) is 0.801. The molecule has 0 aromatic carbocycles. The molecule has 6 heavy (non-hydrogen) atoms. The van der Waals surface area contributed by atoms with Gasteiger partial charge in [0.1, 0.15) is 0 Å². The summed E-state index contributed by atoms with van der Waals surface area (Å²) in [5.74, 6) is 0. The summed E-state index contributed by atoms with van der Waals surface area (Å²) in [6.45, 7) is 3.62. The van der Waals surface area contributed by atoms with Crippen LogP contribution in [0.4, 0.5) is 0 Å². The van der Waals surface area contributed by atoms with Gasteiger partial charge in [0.25, 0.3) is 0 Å². The molecule has 0 aliphatic carbocycles. The topological polar surface area (TPSA) is 51.7 Å². The maximum Gasteiger partial charge on any atom is 0.0465 e. The highest BCUT2D eigenvalue weighted by Crippen LogP contribution is 1.69. The van der Waals surface area contributed by atoms with Crippen LogP contribution in [-0.4, -0.2) is 17.2 Å². The van der Waals surface area contributed by atoms with Gasteiger partial charge in [0.15, 0.2) is 0 Å². The van der Waals surface area contributed by atoms with E-state index in [0.29, 0.717) is 6.42 Å². The van der Waals surface area contributed by atoms with Gasteiger partial charge in [-0.2, -0.15) is 0 Å². The minimum absolute atomic E-state index is 0. The molecule has 0 amide bonds. The van der Waals surface area contributed by atoms with Crippen LogP contribution in [0.2, 0.25) is 0 Å². The number of aliphatic hydroxyl groups is 1. The molecule has 0 fully saturated rings. The highest BCUT2D eigenvalue weighted by atomic mass is 16.2. The smallest absolute Gasteiger partial charge is 0.0465 e. The summed E-state index contributed by atoms with van der Waals surface area (Å²) in [6, 6.07) is 0. The van der Waals surface area contributed by atoms with Crippen LogP contribution in [0.3, 0.4) is 0 Å². The Morgan fingerprint density at radius 2 is 2.17 bits per heavy atom. The van der Waals surface area contributed by atoms with Gasteiger partial charge < -0.3 is 10.6 Å². The summed E-state index contributed by atoms with van der Waals surface area (Å²) in [5, 5.41) is 8.00. The fourth-order valence-electron chi connectivity index (χ4n) is 0.0913. The summed E-state index contributed by atoms with van der Waals surface area (Å²) in [4.78, 5) is 0. The first-order valence-electron chi connectivity index (χ1n) is 1.63. The molecule has 0 radical (unpaired) electrons. The van der Waals surface area contributed by atoms with Gasteiger partial charge in [0.05, 0.1) is 0 Å². The van der Waals surface area contributed by atoms with E-state index in [1.54, 1.807) is 6.08 Å². The molecule has 3 N–H and O–H groups in total. The molecule has 0 aliphatic rings. The Balaban J connectivity index is 0. The van der Waals surface area contributed by atoms with Gasteiger partial charge in [-0.05, 0) is 6.42 Å². The molecule has 0 rings (SSSR count). The largest absolute Gasteiger partial charge is 0.412 e. The van der Waals surface area contributed by atoms with Crippen LogP contribution in [0.15, 0.2) is 12.7 Å². The lowest BCUT2D eigenvalue weighted by Crippen LogP contribution is -1.71. The second-order valence-electron chi connectivity index (χ2n) is 0.801. The lowest BCUT2D eigenvalue weighted by Gasteiger charge is -1.73. The van der Waals surface area contributed by atoms with Crippen LogP contribution >= 0.6 is 0 Å². The Hall–Kier alpha value is -0.340. The Morgan fingerprint density at radius 1 is 1.67 bits per heavy atom. The molecule has 2 heteroatoms. The van der Waals surface area contributed by atoms with Crippen LogP contribution in [0.25, 0.3) is 0 Å². The maximum atomic E-state index is 8.00. The average Bonchev–Trinajstić information content (AvgIpc) is 1.41. The first-order chi connectivity index (χ1) is 2.41. The van der Waals surface area contributed by atoms with E-state index in [-0.39, 0.29) is 12.1 Å². The van der Waals surface area contributed by atoms with Gasteiger partial charge >= 0.3 is 0 Å². The van der Waals surface area contributed by atoms with Crippen LogP contribution < -0.4 is 0 Å². The maximum absolute atomic E-state index is 8.00. The van der Waals surface area contributed by atoms with Gasteiger partial charge in [-0.3, -0.25) is 0 Å². The van der Waals surface area contributed by atoms with Crippen molar-refractivity contribution in [1.29, 1.82) is 0 Å². The number of rotatable bonds is 2. The first kappa shape index (κ1) is 9.18. The van der Waals surface area contributed by atoms with Gasteiger partial charge in [0, 0.05) is 6.61 Å². The van der Waals surface area contributed by atoms with Gasteiger partial charge in [-0.15, -0.1) is 6.58 Å². The van der Waals surface area contributed by atoms with Crippen molar-refractivity contribution in [2.24, 2.45) is 0 Å². The van der Waals surface area contributed by atoms with E-state index in [4.69, 9.17) is 5.11 Å². The minimum Gasteiger partial charge on any atom is -0.412 e. The summed E-state index contributed by atoms with van der Waals surface area (Å²) in [5.41, 5.74) is 0. The lowest BCUT2D eigenvalue weighted by molar-refractivity contribution is 0.303. The van der Waals surface area contributed by atoms with Crippen LogP contribution in [0.5, 0.6) is 0 Å². The van der Waals surface area contributed by atoms with E-state index < -0.39 is 0 Å². The van der Waals surface area contributed by atoms with E-state index in [0.717, 1.165) is 0 Å². The molecule has 0 spiro atoms. The molecule has 0 saturated heterocycles. The molecular weight excluding hydrogens is 80.0 g/mol. The van der Waals surface area contributed by atoms with Gasteiger partial charge in [-0.1, -0.05) is 6.08 Å². The third-order valence-corrected chi connectivity index (χ3v) is 0.333. The molecule has 2 nitrogen and oxygen atoms in total. The molecule has 0 saturated carbocycles. The molecule has 0 aromatic heterocycles. The molecule has 0 aliphatic heterocycles. The summed E-state index contributed by atoms with van der Waals surface area (Å²) >= 11 is 0. The zero-order valence-corrected chi connectivity index (χ0v) is 3.65. The van der Waals surface area contributed by atoms with E-state index in [1.807, 2.05) is 0 Å². The molecule has 0 heterocycles. The van der Waals surface area contributed by atoms with Crippen molar-refractivity contribution in [2.75, 3.05) is 6.61 Å². The lowest BCUT2D eigenvalue weighted by atomic mass is 10.5. The molecule has 0 unspecified atom stereocenters. The Bertz CT molecular complexity index is 26.7. The third kappa shape index (κ3) is 9.40. The van der Waals surface area contributed by atoms with E-state index in [1.165, 1.54) is 0 Å². The van der Waals surface area contributed by atoms with Crippen molar-refractivity contribution in [3.8, 4) is 0 Å². The third-order valence-electron chi connectivity index (χ3n) is 0.333. The number of hydrogen-bond acceptors (Lipinski definition) is 1. The van der Waals surface area contributed by atoms with Crippen molar-refractivity contribution in [2.45, 2.75) is 6.42 Å². The van der Waals surface area contributed by atoms with Crippen molar-refractivity contribution in [1.82, 2.24) is 0 Å². The Labute approximate surface area is 37.4 Å². The summed E-state index contributed by atoms with van der Waals surface area (Å²) in [6.07, 6.45) is 2.39. The highest BCUT2D eigenvalue weighted by molar-refractivity contribution is 4.63. The number of aliphatic hydroxyl groups excluding tert-OH is 1. The minimum atomic E-state index is 0. The molecule has 0 aromatic rings. The Kier molecular flexibility index (Phi) is 13.5. The average molecular weight is 90.1 g/mol. The van der Waals surface area contributed by atoms with Crippen LogP contribution in [0.1, 0.15) is 6.42 Å². The first-order valence-corrected chi connectivity index (χ1v) is 1.63. The van der Waals surface area contributed by atoms with Gasteiger partial charge in [0.2, 0.25) is 0 Å². The van der Waals surface area contributed by atoms with E-state index in [9.17, 15) is 0 Å². The molecule has 0 atom stereocenters. The predicted molar refractivity (Wildman–Crippen MR) is 25.5 cm³/mol. The standard InChI is InChI=1S/C4H8O.H2O/c1-2-3-4-5;/h2,5H,1,3-4H2;1H2. The van der Waals surface area contributed by atoms with Crippen LogP contribution in [-0.2, 0) is 0 Å². The molecular formula is C4H10O2. The zero-order valence-electron chi connectivity index (χ0n) is 3.65. The van der Waals surface area contributed by atoms with Crippen molar-refractivity contribution < 1.29 is 10.6 Å². The van der Waals surface area contributed by atoms with Crippen LogP contribution in [0, 0.1) is 0 Å².